The van der Waals surface area contributed by atoms with E-state index in [4.69, 9.17) is 5.73 Å². The minimum Gasteiger partial charge on any atom is -0.507 e. The molecule has 0 amide bonds. The summed E-state index contributed by atoms with van der Waals surface area (Å²) in [6.45, 7) is 0. The van der Waals surface area contributed by atoms with Crippen molar-refractivity contribution < 1.29 is 14.6 Å². The maximum Gasteiger partial charge on any atom is 0.341 e. The Kier molecular flexibility index (Phi) is 4.52. The maximum absolute atomic E-state index is 11.4. The number of nitrogens with zero attached hydrogens (tertiary/aromatic N) is 1. The number of phenols is 1. The largest absolute Gasteiger partial charge is 0.507 e. The fraction of sp³-hybridized carbons (Fsp3) is 0.0909. The van der Waals surface area contributed by atoms with E-state index in [-0.39, 0.29) is 23.7 Å². The van der Waals surface area contributed by atoms with Crippen LogP contribution in [0.5, 0.6) is 5.75 Å². The number of anilines is 1. The number of aromatic nitrogens is 1. The molecule has 2 aromatic rings. The van der Waals surface area contributed by atoms with Crippen molar-refractivity contribution in [1.82, 2.24) is 4.98 Å². The monoisotopic (exact) mass is 286 g/mol. The number of aromatic hydroxyl groups is 1. The number of carbonyl (C=O) groups is 1. The molecule has 7 heteroatoms. The predicted molar refractivity (Wildman–Crippen MR) is 72.2 cm³/mol. The zero-order valence-corrected chi connectivity index (χ0v) is 11.0. The topological polar surface area (TPSA) is 85.4 Å². The molecule has 0 radical (unpaired) electrons. The number of ether oxygens (including phenoxy) is 1. The number of hydrogen-bond donors (Lipinski definition) is 2. The Morgan fingerprint density at radius 1 is 1.50 bits per heavy atom. The Morgan fingerprint density at radius 2 is 2.22 bits per heavy atom. The molecule has 0 atom stereocenters. The van der Waals surface area contributed by atoms with Gasteiger partial charge >= 0.3 is 5.97 Å². The van der Waals surface area contributed by atoms with Crippen molar-refractivity contribution in [2.45, 2.75) is 0 Å². The van der Waals surface area contributed by atoms with Crippen molar-refractivity contribution in [3.63, 3.8) is 0 Å². The summed E-state index contributed by atoms with van der Waals surface area (Å²) in [6.07, 6.45) is 0. The SMILES string of the molecule is COC(=O)c1cc(-c2csc(N)n2)ccc1O.Cl. The third-order valence-electron chi connectivity index (χ3n) is 2.22. The minimum atomic E-state index is -0.590. The summed E-state index contributed by atoms with van der Waals surface area (Å²) < 4.78 is 4.57. The Balaban J connectivity index is 0.00000162. The fourth-order valence-corrected chi connectivity index (χ4v) is 1.96. The van der Waals surface area contributed by atoms with Gasteiger partial charge in [0.1, 0.15) is 11.3 Å². The number of halogens is 1. The zero-order chi connectivity index (χ0) is 12.4. The summed E-state index contributed by atoms with van der Waals surface area (Å²) in [5.41, 5.74) is 7.01. The number of hydrogen-bond acceptors (Lipinski definition) is 6. The summed E-state index contributed by atoms with van der Waals surface area (Å²) in [5.74, 6) is -0.712. The van der Waals surface area contributed by atoms with Crippen LogP contribution in [-0.4, -0.2) is 23.2 Å². The molecule has 3 N–H and O–H groups in total. The smallest absolute Gasteiger partial charge is 0.341 e. The third-order valence-corrected chi connectivity index (χ3v) is 2.89. The van der Waals surface area contributed by atoms with Gasteiger partial charge in [0.15, 0.2) is 5.13 Å². The van der Waals surface area contributed by atoms with Crippen LogP contribution in [0.2, 0.25) is 0 Å². The lowest BCUT2D eigenvalue weighted by atomic mass is 10.1. The van der Waals surface area contributed by atoms with Gasteiger partial charge < -0.3 is 15.6 Å². The second-order valence-electron chi connectivity index (χ2n) is 3.29. The second kappa shape index (κ2) is 5.70. The quantitative estimate of drug-likeness (QED) is 0.828. The highest BCUT2D eigenvalue weighted by molar-refractivity contribution is 7.13. The van der Waals surface area contributed by atoms with Gasteiger partial charge in [-0.3, -0.25) is 0 Å². The minimum absolute atomic E-state index is 0. The average molecular weight is 287 g/mol. The van der Waals surface area contributed by atoms with Gasteiger partial charge in [-0.2, -0.15) is 0 Å². The first kappa shape index (κ1) is 14.3. The molecule has 0 bridgehead atoms. The molecular weight excluding hydrogens is 276 g/mol. The predicted octanol–water partition coefficient (Wildman–Crippen LogP) is 2.31. The van der Waals surface area contributed by atoms with Gasteiger partial charge in [0, 0.05) is 10.9 Å². The maximum atomic E-state index is 11.4. The van der Waals surface area contributed by atoms with Crippen molar-refractivity contribution in [3.05, 3.63) is 29.1 Å². The normalized spacial score (nSPS) is 9.61. The van der Waals surface area contributed by atoms with Crippen LogP contribution in [0.15, 0.2) is 23.6 Å². The highest BCUT2D eigenvalue weighted by Gasteiger charge is 2.13. The first-order chi connectivity index (χ1) is 8.11. The van der Waals surface area contributed by atoms with Gasteiger partial charge in [0.25, 0.3) is 0 Å². The summed E-state index contributed by atoms with van der Waals surface area (Å²) in [4.78, 5) is 15.5. The molecule has 1 aromatic heterocycles. The molecule has 18 heavy (non-hydrogen) atoms. The number of methoxy groups -OCH3 is 1. The van der Waals surface area contributed by atoms with E-state index < -0.39 is 5.97 Å². The molecule has 1 aromatic carbocycles. The van der Waals surface area contributed by atoms with Crippen LogP contribution in [0.1, 0.15) is 10.4 Å². The van der Waals surface area contributed by atoms with Crippen LogP contribution in [0.3, 0.4) is 0 Å². The van der Waals surface area contributed by atoms with E-state index in [0.29, 0.717) is 16.4 Å². The van der Waals surface area contributed by atoms with Crippen molar-refractivity contribution in [2.75, 3.05) is 12.8 Å². The van der Waals surface area contributed by atoms with Gasteiger partial charge in [0.05, 0.1) is 12.8 Å². The standard InChI is InChI=1S/C11H10N2O3S.ClH/c1-16-10(15)7-4-6(2-3-9(7)14)8-5-17-11(12)13-8;/h2-5,14H,1H3,(H2,12,13);1H. The molecule has 2 rings (SSSR count). The first-order valence-electron chi connectivity index (χ1n) is 4.74. The van der Waals surface area contributed by atoms with Crippen LogP contribution in [-0.2, 0) is 4.74 Å². The molecule has 0 spiro atoms. The van der Waals surface area contributed by atoms with Crippen LogP contribution in [0.4, 0.5) is 5.13 Å². The van der Waals surface area contributed by atoms with Gasteiger partial charge in [-0.15, -0.1) is 23.7 Å². The van der Waals surface area contributed by atoms with Crippen LogP contribution in [0, 0.1) is 0 Å². The molecule has 0 aliphatic carbocycles. The lowest BCUT2D eigenvalue weighted by Gasteiger charge is -2.04. The van der Waals surface area contributed by atoms with E-state index >= 15 is 0 Å². The van der Waals surface area contributed by atoms with E-state index in [9.17, 15) is 9.90 Å². The van der Waals surface area contributed by atoms with Gasteiger partial charge in [0.2, 0.25) is 0 Å². The number of rotatable bonds is 2. The Hall–Kier alpha value is -1.79. The van der Waals surface area contributed by atoms with E-state index in [0.717, 1.165) is 0 Å². The van der Waals surface area contributed by atoms with Crippen LogP contribution in [0.25, 0.3) is 11.3 Å². The van der Waals surface area contributed by atoms with Crippen molar-refractivity contribution in [1.29, 1.82) is 0 Å². The van der Waals surface area contributed by atoms with Gasteiger partial charge in [-0.05, 0) is 18.2 Å². The molecule has 0 aliphatic rings. The van der Waals surface area contributed by atoms with E-state index in [1.54, 1.807) is 11.4 Å². The summed E-state index contributed by atoms with van der Waals surface area (Å²) in [7, 11) is 1.26. The molecule has 96 valence electrons. The van der Waals surface area contributed by atoms with E-state index in [1.165, 1.54) is 30.6 Å². The Labute approximate surface area is 114 Å². The molecular formula is C11H11ClN2O3S. The third kappa shape index (κ3) is 2.72. The van der Waals surface area contributed by atoms with Crippen molar-refractivity contribution in [2.24, 2.45) is 0 Å². The lowest BCUT2D eigenvalue weighted by Crippen LogP contribution is -2.01. The molecule has 0 aliphatic heterocycles. The second-order valence-corrected chi connectivity index (χ2v) is 4.18. The summed E-state index contributed by atoms with van der Waals surface area (Å²) >= 11 is 1.31. The molecule has 0 unspecified atom stereocenters. The summed E-state index contributed by atoms with van der Waals surface area (Å²) in [6, 6.07) is 4.61. The number of nitrogen functional groups attached to an aromatic ring is 1. The van der Waals surface area contributed by atoms with Gasteiger partial charge in [-0.25, -0.2) is 9.78 Å². The highest BCUT2D eigenvalue weighted by atomic mass is 35.5. The first-order valence-corrected chi connectivity index (χ1v) is 5.62. The van der Waals surface area contributed by atoms with Crippen LogP contribution < -0.4 is 5.73 Å². The Bertz CT molecular complexity index is 571. The van der Waals surface area contributed by atoms with E-state index in [2.05, 4.69) is 9.72 Å². The van der Waals surface area contributed by atoms with Gasteiger partial charge in [-0.1, -0.05) is 0 Å². The zero-order valence-electron chi connectivity index (χ0n) is 9.41. The summed E-state index contributed by atoms with van der Waals surface area (Å²) in [5, 5.41) is 11.8. The molecule has 1 heterocycles. The number of thiazole rings is 1. The number of phenolic OH excluding ortho intramolecular Hbond substituents is 1. The number of benzene rings is 1. The van der Waals surface area contributed by atoms with E-state index in [1.807, 2.05) is 0 Å². The lowest BCUT2D eigenvalue weighted by molar-refractivity contribution is 0.0597. The molecule has 0 saturated carbocycles. The number of carbonyl (C=O) groups excluding carboxylic acids is 1. The molecule has 0 fully saturated rings. The average Bonchev–Trinajstić information content (AvgIpc) is 2.75. The number of nitrogens with two attached hydrogens (primary N) is 1. The van der Waals surface area contributed by atoms with Crippen molar-refractivity contribution in [3.8, 4) is 17.0 Å². The fourth-order valence-electron chi connectivity index (χ4n) is 1.39. The Morgan fingerprint density at radius 3 is 2.78 bits per heavy atom. The van der Waals surface area contributed by atoms with Crippen LogP contribution >= 0.6 is 23.7 Å². The number of esters is 1. The van der Waals surface area contributed by atoms with Crippen molar-refractivity contribution >= 4 is 34.8 Å². The molecule has 0 saturated heterocycles. The molecule has 5 nitrogen and oxygen atoms in total. The highest BCUT2D eigenvalue weighted by Crippen LogP contribution is 2.28.